The van der Waals surface area contributed by atoms with Gasteiger partial charge in [0.05, 0.1) is 43.8 Å². The smallest absolute Gasteiger partial charge is 0.0865 e. The fourth-order valence-corrected chi connectivity index (χ4v) is 5.09. The number of aliphatic hydroxyl groups is 1. The Bertz CT molecular complexity index is 369. The van der Waals surface area contributed by atoms with Gasteiger partial charge in [0.15, 0.2) is 0 Å². The molecular formula is C15H28O4Si. The minimum absolute atomic E-state index is 0.0516. The quantitative estimate of drug-likeness (QED) is 0.641. The fraction of sp³-hybridized carbons (Fsp3) is 1.00. The van der Waals surface area contributed by atoms with E-state index in [2.05, 4.69) is 26.6 Å². The largest absolute Gasteiger partial charge is 0.390 e. The SMILES string of the molecule is CC1([Si](C)(C)C)OC1C[C@@H]1O[C@@H]2CCCO[C@H]2C[C@H]1O. The van der Waals surface area contributed by atoms with Crippen molar-refractivity contribution >= 4 is 8.07 Å². The second kappa shape index (κ2) is 5.06. The summed E-state index contributed by atoms with van der Waals surface area (Å²) in [6.45, 7) is 10.1. The van der Waals surface area contributed by atoms with Crippen LogP contribution >= 0.6 is 0 Å². The van der Waals surface area contributed by atoms with Crippen LogP contribution in [0.25, 0.3) is 0 Å². The van der Waals surface area contributed by atoms with E-state index in [4.69, 9.17) is 14.2 Å². The van der Waals surface area contributed by atoms with Crippen LogP contribution in [0.3, 0.4) is 0 Å². The van der Waals surface area contributed by atoms with E-state index in [0.717, 1.165) is 25.9 Å². The molecule has 0 aromatic heterocycles. The van der Waals surface area contributed by atoms with Gasteiger partial charge in [0.25, 0.3) is 0 Å². The number of fused-ring (bicyclic) bond motifs is 1. The summed E-state index contributed by atoms with van der Waals surface area (Å²) >= 11 is 0. The van der Waals surface area contributed by atoms with Crippen LogP contribution in [0.1, 0.15) is 32.6 Å². The third-order valence-corrected chi connectivity index (χ3v) is 8.93. The van der Waals surface area contributed by atoms with E-state index < -0.39 is 14.2 Å². The van der Waals surface area contributed by atoms with Gasteiger partial charge in [0.2, 0.25) is 0 Å². The topological polar surface area (TPSA) is 51.2 Å². The summed E-state index contributed by atoms with van der Waals surface area (Å²) in [4.78, 5) is 0. The van der Waals surface area contributed by atoms with Crippen LogP contribution < -0.4 is 0 Å². The van der Waals surface area contributed by atoms with E-state index in [9.17, 15) is 5.11 Å². The van der Waals surface area contributed by atoms with Crippen molar-refractivity contribution in [2.45, 2.75) is 88.0 Å². The molecule has 3 saturated heterocycles. The van der Waals surface area contributed by atoms with Gasteiger partial charge in [-0.2, -0.15) is 0 Å². The van der Waals surface area contributed by atoms with Crippen molar-refractivity contribution in [3.05, 3.63) is 0 Å². The van der Waals surface area contributed by atoms with Crippen molar-refractivity contribution in [2.75, 3.05) is 6.61 Å². The molecule has 0 amide bonds. The zero-order valence-corrected chi connectivity index (χ0v) is 14.1. The number of aliphatic hydroxyl groups excluding tert-OH is 1. The molecule has 0 bridgehead atoms. The van der Waals surface area contributed by atoms with Crippen LogP contribution in [0.5, 0.6) is 0 Å². The second-order valence-corrected chi connectivity index (χ2v) is 13.3. The lowest BCUT2D eigenvalue weighted by Crippen LogP contribution is -2.51. The monoisotopic (exact) mass is 300 g/mol. The lowest BCUT2D eigenvalue weighted by atomic mass is 9.91. The van der Waals surface area contributed by atoms with Crippen LogP contribution in [-0.4, -0.2) is 55.5 Å². The third kappa shape index (κ3) is 2.59. The first kappa shape index (κ1) is 15.0. The normalized spacial score (nSPS) is 48.8. The molecular weight excluding hydrogens is 272 g/mol. The first-order valence-corrected chi connectivity index (χ1v) is 11.4. The molecule has 4 nitrogen and oxygen atoms in total. The number of ether oxygens (including phenoxy) is 3. The van der Waals surface area contributed by atoms with Gasteiger partial charge < -0.3 is 19.3 Å². The average Bonchev–Trinajstić information content (AvgIpc) is 3.02. The van der Waals surface area contributed by atoms with Gasteiger partial charge in [-0.1, -0.05) is 19.6 Å². The summed E-state index contributed by atoms with van der Waals surface area (Å²) in [6, 6.07) is 0. The van der Waals surface area contributed by atoms with Gasteiger partial charge in [0, 0.05) is 19.4 Å². The van der Waals surface area contributed by atoms with Gasteiger partial charge in [-0.15, -0.1) is 0 Å². The third-order valence-electron chi connectivity index (χ3n) is 5.51. The lowest BCUT2D eigenvalue weighted by molar-refractivity contribution is -0.203. The summed E-state index contributed by atoms with van der Waals surface area (Å²) in [5.41, 5.74) is 0. The zero-order chi connectivity index (χ0) is 14.5. The molecule has 2 unspecified atom stereocenters. The van der Waals surface area contributed by atoms with Gasteiger partial charge in [-0.05, 0) is 19.8 Å². The van der Waals surface area contributed by atoms with Gasteiger partial charge in [-0.25, -0.2) is 0 Å². The van der Waals surface area contributed by atoms with Crippen LogP contribution in [0.4, 0.5) is 0 Å². The molecule has 3 heterocycles. The highest BCUT2D eigenvalue weighted by atomic mass is 28.3. The van der Waals surface area contributed by atoms with E-state index in [-0.39, 0.29) is 29.6 Å². The Morgan fingerprint density at radius 2 is 2.00 bits per heavy atom. The minimum atomic E-state index is -1.34. The Labute approximate surface area is 122 Å². The first-order valence-electron chi connectivity index (χ1n) is 7.94. The van der Waals surface area contributed by atoms with Crippen LogP contribution in [0.2, 0.25) is 19.6 Å². The highest BCUT2D eigenvalue weighted by Crippen LogP contribution is 2.47. The molecule has 116 valence electrons. The average molecular weight is 300 g/mol. The summed E-state index contributed by atoms with van der Waals surface area (Å²) in [5.74, 6) is 0. The van der Waals surface area contributed by atoms with Gasteiger partial charge in [0.1, 0.15) is 0 Å². The van der Waals surface area contributed by atoms with Crippen molar-refractivity contribution in [2.24, 2.45) is 0 Å². The summed E-state index contributed by atoms with van der Waals surface area (Å²) < 4.78 is 17.8. The van der Waals surface area contributed by atoms with E-state index >= 15 is 0 Å². The molecule has 3 fully saturated rings. The molecule has 6 atom stereocenters. The Kier molecular flexibility index (Phi) is 3.78. The molecule has 5 heteroatoms. The maximum atomic E-state index is 10.3. The highest BCUT2D eigenvalue weighted by molar-refractivity contribution is 6.79. The van der Waals surface area contributed by atoms with Crippen molar-refractivity contribution in [1.82, 2.24) is 0 Å². The highest BCUT2D eigenvalue weighted by Gasteiger charge is 2.61. The lowest BCUT2D eigenvalue weighted by Gasteiger charge is -2.42. The molecule has 20 heavy (non-hydrogen) atoms. The summed E-state index contributed by atoms with van der Waals surface area (Å²) in [6.07, 6.45) is 3.70. The maximum absolute atomic E-state index is 10.3. The van der Waals surface area contributed by atoms with Crippen molar-refractivity contribution in [3.8, 4) is 0 Å². The van der Waals surface area contributed by atoms with Crippen molar-refractivity contribution in [1.29, 1.82) is 0 Å². The molecule has 3 aliphatic rings. The summed E-state index contributed by atoms with van der Waals surface area (Å²) in [7, 11) is -1.34. The Morgan fingerprint density at radius 1 is 1.25 bits per heavy atom. The zero-order valence-electron chi connectivity index (χ0n) is 13.1. The number of hydrogen-bond donors (Lipinski definition) is 1. The van der Waals surface area contributed by atoms with Crippen LogP contribution in [0.15, 0.2) is 0 Å². The Hall–Kier alpha value is 0.0569. The Balaban J connectivity index is 1.59. The standard InChI is InChI=1S/C15H28O4Si/c1-15(20(2,3)4)14(19-15)9-12-10(16)8-13-11(18-12)6-5-7-17-13/h10-14,16H,5-9H2,1-4H3/t10-,11-,12+,13+,14?,15?/m1/s1. The first-order chi connectivity index (χ1) is 9.31. The van der Waals surface area contributed by atoms with E-state index in [1.54, 1.807) is 0 Å². The van der Waals surface area contributed by atoms with E-state index in [0.29, 0.717) is 6.42 Å². The second-order valence-electron chi connectivity index (χ2n) is 7.77. The van der Waals surface area contributed by atoms with Gasteiger partial charge in [-0.3, -0.25) is 0 Å². The van der Waals surface area contributed by atoms with Crippen molar-refractivity contribution in [3.63, 3.8) is 0 Å². The van der Waals surface area contributed by atoms with E-state index in [1.807, 2.05) is 0 Å². The Morgan fingerprint density at radius 3 is 2.65 bits per heavy atom. The molecule has 1 N–H and O–H groups in total. The molecule has 3 aliphatic heterocycles. The van der Waals surface area contributed by atoms with Gasteiger partial charge >= 0.3 is 0 Å². The van der Waals surface area contributed by atoms with E-state index in [1.165, 1.54) is 0 Å². The molecule has 0 saturated carbocycles. The molecule has 0 aromatic rings. The maximum Gasteiger partial charge on any atom is 0.0865 e. The fourth-order valence-electron chi connectivity index (χ4n) is 3.51. The molecule has 0 radical (unpaired) electrons. The van der Waals surface area contributed by atoms with Crippen molar-refractivity contribution < 1.29 is 19.3 Å². The molecule has 0 aliphatic carbocycles. The molecule has 0 aromatic carbocycles. The van der Waals surface area contributed by atoms with Crippen LogP contribution in [-0.2, 0) is 14.2 Å². The molecule has 3 rings (SSSR count). The predicted octanol–water partition coefficient (Wildman–Crippen LogP) is 2.11. The number of hydrogen-bond acceptors (Lipinski definition) is 4. The summed E-state index contributed by atoms with van der Waals surface area (Å²) in [5, 5.41) is 10.4. The molecule has 0 spiro atoms. The predicted molar refractivity (Wildman–Crippen MR) is 79.5 cm³/mol. The minimum Gasteiger partial charge on any atom is -0.390 e. The number of rotatable bonds is 3. The van der Waals surface area contributed by atoms with Crippen LogP contribution in [0, 0.1) is 0 Å². The number of epoxide rings is 1.